The molecule has 2 aliphatic rings. The van der Waals surface area contributed by atoms with Crippen LogP contribution in [0, 0.1) is 20.8 Å². The van der Waals surface area contributed by atoms with Crippen LogP contribution in [0.5, 0.6) is 0 Å². The number of imidazole rings is 1. The van der Waals surface area contributed by atoms with Crippen LogP contribution in [0.15, 0.2) is 73.2 Å². The van der Waals surface area contributed by atoms with Gasteiger partial charge in [0.1, 0.15) is 0 Å². The molecule has 0 radical (unpaired) electrons. The van der Waals surface area contributed by atoms with E-state index < -0.39 is 47.6 Å². The van der Waals surface area contributed by atoms with Crippen molar-refractivity contribution in [2.75, 3.05) is 34.4 Å². The summed E-state index contributed by atoms with van der Waals surface area (Å²) in [7, 11) is 0. The van der Waals surface area contributed by atoms with E-state index in [1.165, 1.54) is 47.4 Å². The maximum Gasteiger partial charge on any atom is 0.416 e. The van der Waals surface area contributed by atoms with Gasteiger partial charge in [-0.1, -0.05) is 12.1 Å². The lowest BCUT2D eigenvalue weighted by molar-refractivity contribution is -0.137. The number of aromatic carboxylic acids is 1. The van der Waals surface area contributed by atoms with Gasteiger partial charge in [-0.2, -0.15) is 13.2 Å². The molecular formula is C41H38F3N9O6. The number of alkyl halides is 3. The molecule has 5 amide bonds. The Bertz CT molecular complexity index is 2590. The Morgan fingerprint density at radius 1 is 0.932 bits per heavy atom. The summed E-state index contributed by atoms with van der Waals surface area (Å²) in [6, 6.07) is 13.0. The van der Waals surface area contributed by atoms with Crippen molar-refractivity contribution in [2.45, 2.75) is 46.0 Å². The van der Waals surface area contributed by atoms with E-state index in [2.05, 4.69) is 26.3 Å². The van der Waals surface area contributed by atoms with Gasteiger partial charge in [0.05, 0.1) is 34.4 Å². The third-order valence-corrected chi connectivity index (χ3v) is 10.2. The van der Waals surface area contributed by atoms with Gasteiger partial charge in [-0.25, -0.2) is 14.6 Å². The number of hydrogen-bond acceptors (Lipinski definition) is 7. The molecule has 0 aliphatic carbocycles. The number of rotatable bonds is 10. The number of hydrogen-bond donors (Lipinski definition) is 6. The second kappa shape index (κ2) is 15.6. The number of carboxylic acid groups (broad SMARTS) is 1. The van der Waals surface area contributed by atoms with Crippen molar-refractivity contribution < 1.29 is 42.3 Å². The molecule has 1 unspecified atom stereocenters. The topological polar surface area (TPSA) is 206 Å². The summed E-state index contributed by atoms with van der Waals surface area (Å²) in [5.41, 5.74) is 8.10. The summed E-state index contributed by atoms with van der Waals surface area (Å²) >= 11 is 0. The van der Waals surface area contributed by atoms with E-state index in [0.29, 0.717) is 52.7 Å². The molecule has 1 saturated heterocycles. The van der Waals surface area contributed by atoms with Gasteiger partial charge in [0.25, 0.3) is 17.7 Å². The minimum absolute atomic E-state index is 0.00497. The van der Waals surface area contributed by atoms with E-state index >= 15 is 0 Å². The van der Waals surface area contributed by atoms with Crippen LogP contribution in [0.2, 0.25) is 0 Å². The highest BCUT2D eigenvalue weighted by Gasteiger charge is 2.35. The zero-order chi connectivity index (χ0) is 42.3. The first-order chi connectivity index (χ1) is 28.0. The van der Waals surface area contributed by atoms with Crippen LogP contribution in [-0.4, -0.2) is 66.9 Å². The molecule has 15 nitrogen and oxygen atoms in total. The monoisotopic (exact) mass is 809 g/mol. The zero-order valence-electron chi connectivity index (χ0n) is 31.9. The molecule has 59 heavy (non-hydrogen) atoms. The van der Waals surface area contributed by atoms with Crippen LogP contribution in [-0.2, 0) is 15.8 Å². The van der Waals surface area contributed by atoms with Crippen LogP contribution in [0.4, 0.5) is 40.7 Å². The number of nitrogens with zero attached hydrogens (tertiary/aromatic N) is 4. The number of anilines is 4. The molecule has 5 aromatic rings. The van der Waals surface area contributed by atoms with Gasteiger partial charge in [0, 0.05) is 64.6 Å². The number of halogens is 3. The van der Waals surface area contributed by atoms with Gasteiger partial charge in [0.2, 0.25) is 0 Å². The molecule has 0 saturated carbocycles. The Balaban J connectivity index is 1.08. The number of carboxylic acids is 1. The zero-order valence-corrected chi connectivity index (χ0v) is 31.9. The van der Waals surface area contributed by atoms with Crippen molar-refractivity contribution in [3.63, 3.8) is 0 Å². The van der Waals surface area contributed by atoms with Gasteiger partial charge in [0.15, 0.2) is 6.17 Å². The number of aryl methyl sites for hydroxylation is 1. The van der Waals surface area contributed by atoms with Crippen LogP contribution < -0.4 is 27.0 Å². The second-order valence-corrected chi connectivity index (χ2v) is 14.2. The largest absolute Gasteiger partial charge is 0.478 e. The Morgan fingerprint density at radius 2 is 1.61 bits per heavy atom. The molecule has 18 heteroatoms. The number of nitrogens with one attached hydrogen (secondary N) is 4. The maximum atomic E-state index is 13.8. The van der Waals surface area contributed by atoms with Gasteiger partial charge in [-0.15, -0.1) is 0 Å². The fourth-order valence-corrected chi connectivity index (χ4v) is 7.49. The van der Waals surface area contributed by atoms with Gasteiger partial charge in [-0.05, 0) is 93.8 Å². The van der Waals surface area contributed by atoms with Gasteiger partial charge >= 0.3 is 18.2 Å². The van der Waals surface area contributed by atoms with E-state index in [1.807, 2.05) is 4.90 Å². The van der Waals surface area contributed by atoms with Crippen LogP contribution in [0.3, 0.4) is 0 Å². The summed E-state index contributed by atoms with van der Waals surface area (Å²) < 4.78 is 44.3. The van der Waals surface area contributed by atoms with Crippen LogP contribution in [0.25, 0.3) is 17.3 Å². The lowest BCUT2D eigenvalue weighted by atomic mass is 10.0. The van der Waals surface area contributed by atoms with E-state index in [4.69, 9.17) is 5.73 Å². The Hall–Kier alpha value is -7.21. The summed E-state index contributed by atoms with van der Waals surface area (Å²) in [5, 5.41) is 20.7. The fourth-order valence-electron chi connectivity index (χ4n) is 7.49. The highest BCUT2D eigenvalue weighted by Crippen LogP contribution is 2.38. The van der Waals surface area contributed by atoms with Crippen molar-refractivity contribution in [2.24, 2.45) is 5.73 Å². The Kier molecular flexibility index (Phi) is 10.6. The van der Waals surface area contributed by atoms with E-state index in [-0.39, 0.29) is 33.8 Å². The number of benzene rings is 3. The third-order valence-electron chi connectivity index (χ3n) is 10.2. The standard InChI is InChI=1S/C41H38F3N9O6/c1-21-19-52(20-46-21)29-14-24(13-25(15-29)41(42,43)44)36(55)47-26-7-6-8-27(16-26)48-40(59)49-28-9-10-30-31(37(56)50-32(30)17-28)18-33-22(2)34(39(57)58)23(3)53(33)38(35(45)54)51-11-4-5-12-51/h6-10,13-20,38H,4-5,11-12H2,1-3H3,(H2,45,54)(H,47,55)(H,50,56)(H,57,58)(H2,48,49,59). The molecule has 4 heterocycles. The van der Waals surface area contributed by atoms with E-state index in [9.17, 15) is 42.3 Å². The number of primary amides is 1. The minimum atomic E-state index is -4.72. The average molecular weight is 810 g/mol. The number of aromatic nitrogens is 3. The van der Waals surface area contributed by atoms with Crippen molar-refractivity contribution in [3.05, 3.63) is 118 Å². The SMILES string of the molecule is Cc1cn(-c2cc(C(=O)Nc3cccc(NC(=O)Nc4ccc5c(c4)NC(=O)C5=Cc4c(C)c(C(=O)O)c(C)n4C(C(N)=O)N4CCCC4)c3)cc(C(F)(F)F)c2)cn1. The first kappa shape index (κ1) is 40.0. The first-order valence-electron chi connectivity index (χ1n) is 18.4. The number of carbonyl (C=O) groups is 5. The highest BCUT2D eigenvalue weighted by molar-refractivity contribution is 6.35. The molecular weight excluding hydrogens is 772 g/mol. The van der Waals surface area contributed by atoms with Gasteiger partial charge in [-0.3, -0.25) is 19.3 Å². The van der Waals surface area contributed by atoms with Crippen molar-refractivity contribution in [3.8, 4) is 5.69 Å². The maximum absolute atomic E-state index is 13.8. The number of fused-ring (bicyclic) bond motifs is 1. The third kappa shape index (κ3) is 8.15. The molecule has 2 aliphatic heterocycles. The molecule has 2 aromatic heterocycles. The van der Waals surface area contributed by atoms with Gasteiger partial charge < -0.3 is 41.2 Å². The predicted molar refractivity (Wildman–Crippen MR) is 213 cm³/mol. The second-order valence-electron chi connectivity index (χ2n) is 14.2. The van der Waals surface area contributed by atoms with Crippen LogP contribution in [0.1, 0.15) is 73.5 Å². The number of amides is 5. The summed E-state index contributed by atoms with van der Waals surface area (Å²) in [4.78, 5) is 70.8. The molecule has 0 spiro atoms. The normalized spacial score (nSPS) is 15.2. The smallest absolute Gasteiger partial charge is 0.416 e. The number of urea groups is 1. The first-order valence-corrected chi connectivity index (χ1v) is 18.4. The molecule has 304 valence electrons. The Morgan fingerprint density at radius 3 is 2.24 bits per heavy atom. The molecule has 3 aromatic carbocycles. The van der Waals surface area contributed by atoms with Crippen molar-refractivity contribution in [1.82, 2.24) is 19.0 Å². The summed E-state index contributed by atoms with van der Waals surface area (Å²) in [5.74, 6) is -3.15. The minimum Gasteiger partial charge on any atom is -0.478 e. The number of nitrogens with two attached hydrogens (primary N) is 1. The summed E-state index contributed by atoms with van der Waals surface area (Å²) in [6.45, 7) is 6.08. The number of likely N-dealkylation sites (tertiary alicyclic amines) is 1. The van der Waals surface area contributed by atoms with Crippen molar-refractivity contribution in [1.29, 1.82) is 0 Å². The van der Waals surface area contributed by atoms with Crippen molar-refractivity contribution >= 4 is 64.1 Å². The van der Waals surface area contributed by atoms with Crippen LogP contribution >= 0.6 is 0 Å². The average Bonchev–Trinajstić information content (AvgIpc) is 3.96. The number of carbonyl (C=O) groups excluding carboxylic acids is 4. The predicted octanol–water partition coefficient (Wildman–Crippen LogP) is 6.78. The van der Waals surface area contributed by atoms with E-state index in [0.717, 1.165) is 25.0 Å². The highest BCUT2D eigenvalue weighted by atomic mass is 19.4. The Labute approximate surface area is 334 Å². The lowest BCUT2D eigenvalue weighted by Crippen LogP contribution is -2.41. The molecule has 7 rings (SSSR count). The molecule has 7 N–H and O–H groups in total. The van der Waals surface area contributed by atoms with E-state index in [1.54, 1.807) is 49.6 Å². The molecule has 0 bridgehead atoms. The lowest BCUT2D eigenvalue weighted by Gasteiger charge is -2.29. The molecule has 1 fully saturated rings. The summed E-state index contributed by atoms with van der Waals surface area (Å²) in [6.07, 6.45) is 0.432. The molecule has 1 atom stereocenters. The fraction of sp³-hybridized carbons (Fsp3) is 0.220. The quantitative estimate of drug-likeness (QED) is 0.0827.